The molecule has 0 spiro atoms. The molecule has 0 aromatic heterocycles. The van der Waals surface area contributed by atoms with Gasteiger partial charge in [-0.1, -0.05) is 41.4 Å². The van der Waals surface area contributed by atoms with Crippen molar-refractivity contribution in [2.24, 2.45) is 0 Å². The zero-order valence-electron chi connectivity index (χ0n) is 18.9. The molecular weight excluding hydrogens is 497 g/mol. The summed E-state index contributed by atoms with van der Waals surface area (Å²) < 4.78 is 4.83. The van der Waals surface area contributed by atoms with E-state index < -0.39 is 36.0 Å². The van der Waals surface area contributed by atoms with Crippen molar-refractivity contribution in [3.8, 4) is 0 Å². The minimum Gasteiger partial charge on any atom is -0.467 e. The molecule has 11 heteroatoms. The summed E-state index contributed by atoms with van der Waals surface area (Å²) in [6.07, 6.45) is 0.730. The van der Waals surface area contributed by atoms with Gasteiger partial charge in [0.05, 0.1) is 22.7 Å². The molecule has 1 saturated heterocycles. The predicted octanol–water partition coefficient (Wildman–Crippen LogP) is 3.98. The number of esters is 1. The third kappa shape index (κ3) is 6.64. The first kappa shape index (κ1) is 26.3. The molecule has 35 heavy (non-hydrogen) atoms. The average Bonchev–Trinajstić information content (AvgIpc) is 2.84. The number of carboxylic acid groups (broad SMARTS) is 1. The SMILES string of the molecule is COC(=O)[C@H](Cc1ccc(NC(=O)c2c(Cl)cccc2Cl)cc1)NC(=O)C1CCCCN1C(=O)O. The summed E-state index contributed by atoms with van der Waals surface area (Å²) in [5.41, 5.74) is 1.33. The van der Waals surface area contributed by atoms with Crippen LogP contribution in [0.4, 0.5) is 10.5 Å². The highest BCUT2D eigenvalue weighted by atomic mass is 35.5. The number of ether oxygens (including phenoxy) is 1. The van der Waals surface area contributed by atoms with Crippen LogP contribution in [0.5, 0.6) is 0 Å². The van der Waals surface area contributed by atoms with E-state index in [-0.39, 0.29) is 28.6 Å². The Kier molecular flexibility index (Phi) is 8.95. The normalized spacial score (nSPS) is 16.2. The number of carbonyl (C=O) groups excluding carboxylic acids is 3. The van der Waals surface area contributed by atoms with Crippen LogP contribution in [0.1, 0.15) is 35.2 Å². The van der Waals surface area contributed by atoms with Crippen molar-refractivity contribution in [1.29, 1.82) is 0 Å². The second-order valence-corrected chi connectivity index (χ2v) is 8.84. The maximum absolute atomic E-state index is 12.8. The Morgan fingerprint density at radius 2 is 1.74 bits per heavy atom. The Labute approximate surface area is 212 Å². The van der Waals surface area contributed by atoms with Gasteiger partial charge < -0.3 is 20.5 Å². The number of benzene rings is 2. The summed E-state index contributed by atoms with van der Waals surface area (Å²) >= 11 is 12.2. The summed E-state index contributed by atoms with van der Waals surface area (Å²) in [5, 5.41) is 15.2. The number of likely N-dealkylation sites (tertiary alicyclic amines) is 1. The van der Waals surface area contributed by atoms with Gasteiger partial charge in [-0.15, -0.1) is 0 Å². The van der Waals surface area contributed by atoms with E-state index >= 15 is 0 Å². The van der Waals surface area contributed by atoms with Gasteiger partial charge >= 0.3 is 12.1 Å². The molecule has 186 valence electrons. The molecule has 9 nitrogen and oxygen atoms in total. The van der Waals surface area contributed by atoms with E-state index in [2.05, 4.69) is 10.6 Å². The summed E-state index contributed by atoms with van der Waals surface area (Å²) in [4.78, 5) is 50.3. The summed E-state index contributed by atoms with van der Waals surface area (Å²) in [6.45, 7) is 0.267. The molecule has 1 aliphatic rings. The smallest absolute Gasteiger partial charge is 0.407 e. The Hall–Kier alpha value is -3.30. The van der Waals surface area contributed by atoms with Crippen LogP contribution in [0.2, 0.25) is 10.0 Å². The topological polar surface area (TPSA) is 125 Å². The largest absolute Gasteiger partial charge is 0.467 e. The summed E-state index contributed by atoms with van der Waals surface area (Å²) in [7, 11) is 1.21. The summed E-state index contributed by atoms with van der Waals surface area (Å²) in [6, 6.07) is 9.57. The number of methoxy groups -OCH3 is 1. The summed E-state index contributed by atoms with van der Waals surface area (Å²) in [5.74, 6) is -1.66. The van der Waals surface area contributed by atoms with Gasteiger partial charge in [0.2, 0.25) is 5.91 Å². The quantitative estimate of drug-likeness (QED) is 0.473. The molecule has 2 aromatic carbocycles. The molecule has 1 unspecified atom stereocenters. The van der Waals surface area contributed by atoms with Gasteiger partial charge in [0.15, 0.2) is 0 Å². The van der Waals surface area contributed by atoms with Gasteiger partial charge in [-0.3, -0.25) is 14.5 Å². The minimum atomic E-state index is -1.17. The van der Waals surface area contributed by atoms with Crippen molar-refractivity contribution < 1.29 is 29.0 Å². The molecule has 0 radical (unpaired) electrons. The molecule has 0 bridgehead atoms. The molecule has 0 aliphatic carbocycles. The Bertz CT molecular complexity index is 1090. The van der Waals surface area contributed by atoms with E-state index in [0.717, 1.165) is 11.3 Å². The van der Waals surface area contributed by atoms with Crippen LogP contribution >= 0.6 is 23.2 Å². The predicted molar refractivity (Wildman–Crippen MR) is 131 cm³/mol. The van der Waals surface area contributed by atoms with E-state index in [9.17, 15) is 24.3 Å². The number of piperidine rings is 1. The lowest BCUT2D eigenvalue weighted by atomic mass is 10.0. The maximum atomic E-state index is 12.8. The highest BCUT2D eigenvalue weighted by molar-refractivity contribution is 6.40. The molecule has 0 saturated carbocycles. The van der Waals surface area contributed by atoms with Crippen LogP contribution in [0.25, 0.3) is 0 Å². The van der Waals surface area contributed by atoms with Gasteiger partial charge in [-0.25, -0.2) is 9.59 Å². The highest BCUT2D eigenvalue weighted by Gasteiger charge is 2.34. The van der Waals surface area contributed by atoms with Crippen LogP contribution < -0.4 is 10.6 Å². The van der Waals surface area contributed by atoms with Crippen molar-refractivity contribution in [2.75, 3.05) is 19.0 Å². The lowest BCUT2D eigenvalue weighted by Crippen LogP contribution is -2.55. The van der Waals surface area contributed by atoms with Gasteiger partial charge in [0, 0.05) is 18.7 Å². The minimum absolute atomic E-state index is 0.114. The van der Waals surface area contributed by atoms with Gasteiger partial charge in [0.25, 0.3) is 5.91 Å². The van der Waals surface area contributed by atoms with Gasteiger partial charge in [-0.2, -0.15) is 0 Å². The first-order valence-corrected chi connectivity index (χ1v) is 11.7. The van der Waals surface area contributed by atoms with Crippen molar-refractivity contribution >= 4 is 52.8 Å². The molecule has 3 N–H and O–H groups in total. The van der Waals surface area contributed by atoms with Crippen LogP contribution in [-0.2, 0) is 20.7 Å². The number of amides is 3. The van der Waals surface area contributed by atoms with Crippen LogP contribution in [0, 0.1) is 0 Å². The molecule has 1 aliphatic heterocycles. The standard InChI is InChI=1S/C24H25Cl2N3O6/c1-35-23(32)18(28-21(30)19-7-2-3-12-29(19)24(33)34)13-14-8-10-15(11-9-14)27-22(31)20-16(25)5-4-6-17(20)26/h4-6,8-11,18-19H,2-3,7,12-13H2,1H3,(H,27,31)(H,28,30)(H,33,34)/t18-,19?/m0/s1. The molecular formula is C24H25Cl2N3O6. The Morgan fingerprint density at radius 3 is 2.34 bits per heavy atom. The second-order valence-electron chi connectivity index (χ2n) is 8.02. The van der Waals surface area contributed by atoms with Gasteiger partial charge in [-0.05, 0) is 49.1 Å². The molecule has 2 aromatic rings. The number of anilines is 1. The lowest BCUT2D eigenvalue weighted by molar-refractivity contribution is -0.145. The lowest BCUT2D eigenvalue weighted by Gasteiger charge is -2.33. The third-order valence-electron chi connectivity index (χ3n) is 5.69. The van der Waals surface area contributed by atoms with Gasteiger partial charge in [0.1, 0.15) is 12.1 Å². The molecule has 3 rings (SSSR count). The average molecular weight is 522 g/mol. The van der Waals surface area contributed by atoms with Crippen molar-refractivity contribution in [2.45, 2.75) is 37.8 Å². The van der Waals surface area contributed by atoms with Crippen LogP contribution in [0.3, 0.4) is 0 Å². The first-order valence-electron chi connectivity index (χ1n) is 10.9. The van der Waals surface area contributed by atoms with Crippen LogP contribution in [0.15, 0.2) is 42.5 Å². The van der Waals surface area contributed by atoms with E-state index in [0.29, 0.717) is 24.1 Å². The van der Waals surface area contributed by atoms with E-state index in [4.69, 9.17) is 27.9 Å². The maximum Gasteiger partial charge on any atom is 0.407 e. The van der Waals surface area contributed by atoms with Crippen LogP contribution in [-0.4, -0.2) is 59.6 Å². The molecule has 3 amide bonds. The fourth-order valence-electron chi connectivity index (χ4n) is 3.90. The number of nitrogens with zero attached hydrogens (tertiary/aromatic N) is 1. The Balaban J connectivity index is 1.68. The van der Waals surface area contributed by atoms with Crippen molar-refractivity contribution in [3.63, 3.8) is 0 Å². The number of rotatable bonds is 7. The Morgan fingerprint density at radius 1 is 1.09 bits per heavy atom. The first-order chi connectivity index (χ1) is 16.7. The fourth-order valence-corrected chi connectivity index (χ4v) is 4.47. The second kappa shape index (κ2) is 11.9. The molecule has 2 atom stereocenters. The van der Waals surface area contributed by atoms with Crippen molar-refractivity contribution in [1.82, 2.24) is 10.2 Å². The number of halogens is 2. The third-order valence-corrected chi connectivity index (χ3v) is 6.32. The van der Waals surface area contributed by atoms with E-state index in [1.165, 1.54) is 7.11 Å². The number of hydrogen-bond donors (Lipinski definition) is 3. The van der Waals surface area contributed by atoms with E-state index in [1.807, 2.05) is 0 Å². The number of carbonyl (C=O) groups is 4. The number of hydrogen-bond acceptors (Lipinski definition) is 5. The molecule has 1 heterocycles. The highest BCUT2D eigenvalue weighted by Crippen LogP contribution is 2.25. The fraction of sp³-hybridized carbons (Fsp3) is 0.333. The number of nitrogens with one attached hydrogen (secondary N) is 2. The molecule has 1 fully saturated rings. The van der Waals surface area contributed by atoms with E-state index in [1.54, 1.807) is 42.5 Å². The monoisotopic (exact) mass is 521 g/mol. The zero-order chi connectivity index (χ0) is 25.5. The van der Waals surface area contributed by atoms with Crippen molar-refractivity contribution in [3.05, 3.63) is 63.6 Å². The zero-order valence-corrected chi connectivity index (χ0v) is 20.4.